The average Bonchev–Trinajstić information content (AvgIpc) is 3.19. The summed E-state index contributed by atoms with van der Waals surface area (Å²) in [6, 6.07) is 9.23. The molecule has 1 aliphatic rings. The molecular weight excluding hydrogens is 462 g/mol. The molecular formula is C22H19F4N3O3S. The SMILES string of the molecule is COc1cccc(S(=O)(=O)C2C(C)=Nc3cc(C(F)(F)F)nn3C2c2ccc(C)c(F)c2)c1. The van der Waals surface area contributed by atoms with Crippen LogP contribution in [0, 0.1) is 12.7 Å². The summed E-state index contributed by atoms with van der Waals surface area (Å²) in [6.45, 7) is 2.95. The molecule has 2 heterocycles. The van der Waals surface area contributed by atoms with Gasteiger partial charge in [0.2, 0.25) is 0 Å². The first-order valence-electron chi connectivity index (χ1n) is 9.79. The maximum atomic E-state index is 14.4. The minimum absolute atomic E-state index is 0.0601. The fourth-order valence-electron chi connectivity index (χ4n) is 3.84. The van der Waals surface area contributed by atoms with E-state index in [1.54, 1.807) is 6.07 Å². The lowest BCUT2D eigenvalue weighted by atomic mass is 9.98. The largest absolute Gasteiger partial charge is 0.497 e. The highest BCUT2D eigenvalue weighted by atomic mass is 32.2. The zero-order valence-corrected chi connectivity index (χ0v) is 18.6. The van der Waals surface area contributed by atoms with E-state index < -0.39 is 38.8 Å². The molecule has 0 amide bonds. The number of aliphatic imine (C=N–C) groups is 1. The molecule has 0 aliphatic carbocycles. The third kappa shape index (κ3) is 4.01. The van der Waals surface area contributed by atoms with Crippen LogP contribution in [0.15, 0.2) is 58.4 Å². The second-order valence-electron chi connectivity index (χ2n) is 7.68. The smallest absolute Gasteiger partial charge is 0.435 e. The predicted octanol–water partition coefficient (Wildman–Crippen LogP) is 4.90. The van der Waals surface area contributed by atoms with Crippen LogP contribution < -0.4 is 4.74 Å². The number of halogens is 4. The Balaban J connectivity index is 1.96. The molecule has 1 aromatic heterocycles. The Morgan fingerprint density at radius 1 is 1.06 bits per heavy atom. The fourth-order valence-corrected chi connectivity index (χ4v) is 5.80. The van der Waals surface area contributed by atoms with Gasteiger partial charge in [0.05, 0.1) is 12.0 Å². The van der Waals surface area contributed by atoms with Crippen molar-refractivity contribution in [2.24, 2.45) is 4.99 Å². The molecule has 2 atom stereocenters. The summed E-state index contributed by atoms with van der Waals surface area (Å²) in [5, 5.41) is 2.20. The molecule has 3 aromatic rings. The van der Waals surface area contributed by atoms with Gasteiger partial charge >= 0.3 is 6.18 Å². The lowest BCUT2D eigenvalue weighted by Gasteiger charge is -2.32. The Morgan fingerprint density at radius 2 is 1.79 bits per heavy atom. The Hall–Kier alpha value is -3.21. The van der Waals surface area contributed by atoms with Gasteiger partial charge in [0.15, 0.2) is 21.3 Å². The molecule has 2 aromatic carbocycles. The monoisotopic (exact) mass is 481 g/mol. The van der Waals surface area contributed by atoms with Crippen LogP contribution in [0.2, 0.25) is 0 Å². The number of ether oxygens (including phenoxy) is 1. The summed E-state index contributed by atoms with van der Waals surface area (Å²) in [6.07, 6.45) is -4.77. The van der Waals surface area contributed by atoms with Gasteiger partial charge in [0.25, 0.3) is 0 Å². The number of nitrogens with zero attached hydrogens (tertiary/aromatic N) is 3. The van der Waals surface area contributed by atoms with Crippen molar-refractivity contribution in [2.45, 2.75) is 36.2 Å². The predicted molar refractivity (Wildman–Crippen MR) is 113 cm³/mol. The molecule has 2 unspecified atom stereocenters. The molecule has 0 bridgehead atoms. The lowest BCUT2D eigenvalue weighted by Crippen LogP contribution is -2.41. The fraction of sp³-hybridized carbons (Fsp3) is 0.273. The van der Waals surface area contributed by atoms with Gasteiger partial charge in [-0.2, -0.15) is 18.3 Å². The van der Waals surface area contributed by atoms with E-state index in [1.165, 1.54) is 51.3 Å². The lowest BCUT2D eigenvalue weighted by molar-refractivity contribution is -0.141. The van der Waals surface area contributed by atoms with Gasteiger partial charge < -0.3 is 4.74 Å². The first kappa shape index (κ1) is 23.0. The molecule has 0 saturated carbocycles. The zero-order chi connectivity index (χ0) is 24.1. The summed E-state index contributed by atoms with van der Waals surface area (Å²) in [5.41, 5.74) is -0.693. The highest BCUT2D eigenvalue weighted by Crippen LogP contribution is 2.41. The van der Waals surface area contributed by atoms with Crippen molar-refractivity contribution in [1.29, 1.82) is 0 Å². The minimum Gasteiger partial charge on any atom is -0.497 e. The number of fused-ring (bicyclic) bond motifs is 1. The first-order chi connectivity index (χ1) is 15.4. The minimum atomic E-state index is -4.77. The normalized spacial score (nSPS) is 18.6. The molecule has 4 rings (SSSR count). The van der Waals surface area contributed by atoms with E-state index in [2.05, 4.69) is 10.1 Å². The summed E-state index contributed by atoms with van der Waals surface area (Å²) < 4.78 is 88.0. The van der Waals surface area contributed by atoms with Gasteiger partial charge in [0, 0.05) is 11.8 Å². The molecule has 0 radical (unpaired) electrons. The van der Waals surface area contributed by atoms with Crippen molar-refractivity contribution in [2.75, 3.05) is 7.11 Å². The molecule has 11 heteroatoms. The quantitative estimate of drug-likeness (QED) is 0.497. The maximum Gasteiger partial charge on any atom is 0.435 e. The van der Waals surface area contributed by atoms with E-state index in [9.17, 15) is 26.0 Å². The van der Waals surface area contributed by atoms with Crippen LogP contribution in [0.5, 0.6) is 5.75 Å². The third-order valence-corrected chi connectivity index (χ3v) is 7.68. The standard InChI is InChI=1S/C22H19F4N3O3S/c1-12-7-8-14(9-17(12)23)20-21(33(30,31)16-6-4-5-15(10-16)32-3)13(2)27-19-11-18(22(24,25)26)28-29(19)20/h4-11,20-21H,1-3H3. The van der Waals surface area contributed by atoms with E-state index in [0.717, 1.165) is 16.8 Å². The van der Waals surface area contributed by atoms with E-state index in [1.807, 2.05) is 0 Å². The highest BCUT2D eigenvalue weighted by molar-refractivity contribution is 7.93. The number of alkyl halides is 3. The van der Waals surface area contributed by atoms with Crippen molar-refractivity contribution >= 4 is 21.4 Å². The summed E-state index contributed by atoms with van der Waals surface area (Å²) in [4.78, 5) is 4.02. The molecule has 0 N–H and O–H groups in total. The second-order valence-corrected chi connectivity index (χ2v) is 9.75. The van der Waals surface area contributed by atoms with Gasteiger partial charge in [-0.05, 0) is 49.2 Å². The van der Waals surface area contributed by atoms with E-state index in [-0.39, 0.29) is 22.0 Å². The molecule has 0 spiro atoms. The molecule has 1 aliphatic heterocycles. The topological polar surface area (TPSA) is 73.6 Å². The number of methoxy groups -OCH3 is 1. The van der Waals surface area contributed by atoms with Crippen molar-refractivity contribution in [3.63, 3.8) is 0 Å². The number of hydrogen-bond acceptors (Lipinski definition) is 5. The van der Waals surface area contributed by atoms with Gasteiger partial charge in [-0.15, -0.1) is 0 Å². The average molecular weight is 481 g/mol. The zero-order valence-electron chi connectivity index (χ0n) is 17.8. The van der Waals surface area contributed by atoms with Crippen LogP contribution >= 0.6 is 0 Å². The van der Waals surface area contributed by atoms with Crippen molar-refractivity contribution in [1.82, 2.24) is 9.78 Å². The maximum absolute atomic E-state index is 14.4. The Bertz CT molecular complexity index is 1360. The summed E-state index contributed by atoms with van der Waals surface area (Å²) in [7, 11) is -2.83. The van der Waals surface area contributed by atoms with Crippen LogP contribution in [0.1, 0.15) is 29.8 Å². The molecule has 0 saturated heterocycles. The van der Waals surface area contributed by atoms with Crippen LogP contribution in [0.25, 0.3) is 0 Å². The Kier molecular flexibility index (Phi) is 5.55. The van der Waals surface area contributed by atoms with Crippen LogP contribution in [0.3, 0.4) is 0 Å². The number of aromatic nitrogens is 2. The highest BCUT2D eigenvalue weighted by Gasteiger charge is 2.45. The first-order valence-corrected chi connectivity index (χ1v) is 11.3. The van der Waals surface area contributed by atoms with Gasteiger partial charge in [-0.3, -0.25) is 0 Å². The Labute approximate surface area is 187 Å². The van der Waals surface area contributed by atoms with Gasteiger partial charge in [-0.25, -0.2) is 22.5 Å². The number of aryl methyl sites for hydroxylation is 1. The number of hydrogen-bond donors (Lipinski definition) is 0. The molecule has 0 fully saturated rings. The van der Waals surface area contributed by atoms with Crippen molar-refractivity contribution in [3.8, 4) is 5.75 Å². The van der Waals surface area contributed by atoms with E-state index in [4.69, 9.17) is 4.74 Å². The molecule has 33 heavy (non-hydrogen) atoms. The van der Waals surface area contributed by atoms with Crippen molar-refractivity contribution < 1.29 is 30.7 Å². The van der Waals surface area contributed by atoms with Crippen LogP contribution in [-0.2, 0) is 16.0 Å². The molecule has 6 nitrogen and oxygen atoms in total. The summed E-state index contributed by atoms with van der Waals surface area (Å²) >= 11 is 0. The van der Waals surface area contributed by atoms with Crippen LogP contribution in [0.4, 0.5) is 23.4 Å². The molecule has 174 valence electrons. The van der Waals surface area contributed by atoms with Gasteiger partial charge in [-0.1, -0.05) is 18.2 Å². The summed E-state index contributed by atoms with van der Waals surface area (Å²) in [5.74, 6) is -0.489. The third-order valence-electron chi connectivity index (χ3n) is 5.50. The van der Waals surface area contributed by atoms with E-state index in [0.29, 0.717) is 11.3 Å². The van der Waals surface area contributed by atoms with Gasteiger partial charge in [0.1, 0.15) is 22.9 Å². The second kappa shape index (κ2) is 7.98. The number of benzene rings is 2. The number of sulfone groups is 1. The Morgan fingerprint density at radius 3 is 2.42 bits per heavy atom. The van der Waals surface area contributed by atoms with E-state index >= 15 is 0 Å². The van der Waals surface area contributed by atoms with Crippen LogP contribution in [-0.4, -0.2) is 36.3 Å². The van der Waals surface area contributed by atoms with Crippen molar-refractivity contribution in [3.05, 3.63) is 71.2 Å². The number of rotatable bonds is 4.